The van der Waals surface area contributed by atoms with Crippen LogP contribution in [0.25, 0.3) is 11.1 Å². The van der Waals surface area contributed by atoms with Gasteiger partial charge in [0.05, 0.1) is 0 Å². The Morgan fingerprint density at radius 1 is 0.889 bits per heavy atom. The smallest absolute Gasteiger partial charge is 0.131 e. The molecule has 2 aromatic rings. The van der Waals surface area contributed by atoms with Crippen molar-refractivity contribution in [2.45, 2.75) is 13.0 Å². The number of halogens is 3. The van der Waals surface area contributed by atoms with E-state index in [9.17, 15) is 13.2 Å². The minimum atomic E-state index is -0.669. The molecule has 4 heteroatoms. The molecule has 0 aromatic heterocycles. The van der Waals surface area contributed by atoms with Crippen LogP contribution in [0.3, 0.4) is 0 Å². The van der Waals surface area contributed by atoms with E-state index >= 15 is 0 Å². The van der Waals surface area contributed by atoms with Crippen LogP contribution in [-0.2, 0) is 0 Å². The maximum absolute atomic E-state index is 13.7. The van der Waals surface area contributed by atoms with Crippen LogP contribution < -0.4 is 5.73 Å². The first-order chi connectivity index (χ1) is 8.49. The lowest BCUT2D eigenvalue weighted by atomic mass is 9.99. The van der Waals surface area contributed by atoms with Gasteiger partial charge in [-0.25, -0.2) is 13.2 Å². The van der Waals surface area contributed by atoms with Crippen LogP contribution in [-0.4, -0.2) is 0 Å². The van der Waals surface area contributed by atoms with Gasteiger partial charge in [-0.3, -0.25) is 0 Å². The quantitative estimate of drug-likeness (QED) is 0.863. The molecule has 0 bridgehead atoms. The maximum Gasteiger partial charge on any atom is 0.131 e. The molecule has 1 unspecified atom stereocenters. The first kappa shape index (κ1) is 12.6. The third kappa shape index (κ3) is 2.38. The molecule has 0 spiro atoms. The minimum Gasteiger partial charge on any atom is -0.324 e. The zero-order chi connectivity index (χ0) is 13.3. The van der Waals surface area contributed by atoms with Gasteiger partial charge in [0.25, 0.3) is 0 Å². The van der Waals surface area contributed by atoms with Crippen molar-refractivity contribution in [3.63, 3.8) is 0 Å². The van der Waals surface area contributed by atoms with Crippen LogP contribution in [0.2, 0.25) is 0 Å². The molecule has 0 aliphatic rings. The average molecular weight is 251 g/mol. The third-order valence-electron chi connectivity index (χ3n) is 2.73. The maximum atomic E-state index is 13.7. The van der Waals surface area contributed by atoms with E-state index in [1.54, 1.807) is 6.92 Å². The summed E-state index contributed by atoms with van der Waals surface area (Å²) in [6, 6.07) is 6.81. The number of rotatable bonds is 2. The molecule has 0 fully saturated rings. The molecule has 0 heterocycles. The Morgan fingerprint density at radius 3 is 2.06 bits per heavy atom. The van der Waals surface area contributed by atoms with Gasteiger partial charge in [-0.1, -0.05) is 6.07 Å². The number of benzene rings is 2. The lowest BCUT2D eigenvalue weighted by molar-refractivity contribution is 0.597. The Labute approximate surface area is 103 Å². The standard InChI is InChI=1S/C14H12F3N/c1-8(18)9-2-4-13(16)11(6-9)12-7-10(15)3-5-14(12)17/h2-8H,18H2,1H3. The summed E-state index contributed by atoms with van der Waals surface area (Å²) in [4.78, 5) is 0. The highest BCUT2D eigenvalue weighted by molar-refractivity contribution is 5.65. The van der Waals surface area contributed by atoms with Gasteiger partial charge >= 0.3 is 0 Å². The van der Waals surface area contributed by atoms with Gasteiger partial charge in [0, 0.05) is 17.2 Å². The Balaban J connectivity index is 2.62. The Kier molecular flexibility index (Phi) is 3.39. The predicted octanol–water partition coefficient (Wildman–Crippen LogP) is 3.79. The summed E-state index contributed by atoms with van der Waals surface area (Å²) < 4.78 is 40.4. The van der Waals surface area contributed by atoms with E-state index in [1.165, 1.54) is 18.2 Å². The molecule has 1 atom stereocenters. The van der Waals surface area contributed by atoms with Crippen LogP contribution in [0.1, 0.15) is 18.5 Å². The molecule has 2 N–H and O–H groups in total. The summed E-state index contributed by atoms with van der Waals surface area (Å²) in [5.41, 5.74) is 6.26. The second-order valence-corrected chi connectivity index (χ2v) is 4.15. The molecule has 18 heavy (non-hydrogen) atoms. The minimum absolute atomic E-state index is 0.0156. The van der Waals surface area contributed by atoms with Crippen molar-refractivity contribution in [2.24, 2.45) is 5.73 Å². The molecular formula is C14H12F3N. The second kappa shape index (κ2) is 4.82. The molecule has 0 radical (unpaired) electrons. The lowest BCUT2D eigenvalue weighted by Crippen LogP contribution is -2.05. The zero-order valence-electron chi connectivity index (χ0n) is 9.75. The number of hydrogen-bond acceptors (Lipinski definition) is 1. The van der Waals surface area contributed by atoms with Crippen molar-refractivity contribution >= 4 is 0 Å². The zero-order valence-corrected chi connectivity index (χ0v) is 9.75. The lowest BCUT2D eigenvalue weighted by Gasteiger charge is -2.10. The highest BCUT2D eigenvalue weighted by Crippen LogP contribution is 2.28. The molecule has 0 amide bonds. The van der Waals surface area contributed by atoms with E-state index in [2.05, 4.69) is 0 Å². The fraction of sp³-hybridized carbons (Fsp3) is 0.143. The van der Waals surface area contributed by atoms with Crippen molar-refractivity contribution in [1.82, 2.24) is 0 Å². The van der Waals surface area contributed by atoms with E-state index in [-0.39, 0.29) is 17.2 Å². The topological polar surface area (TPSA) is 26.0 Å². The number of hydrogen-bond donors (Lipinski definition) is 1. The van der Waals surface area contributed by atoms with E-state index in [4.69, 9.17) is 5.73 Å². The Hall–Kier alpha value is -1.81. The summed E-state index contributed by atoms with van der Waals surface area (Å²) in [6.07, 6.45) is 0. The summed E-state index contributed by atoms with van der Waals surface area (Å²) in [5, 5.41) is 0. The van der Waals surface area contributed by atoms with Crippen LogP contribution in [0.4, 0.5) is 13.2 Å². The summed E-state index contributed by atoms with van der Waals surface area (Å²) in [7, 11) is 0. The van der Waals surface area contributed by atoms with Gasteiger partial charge in [0.2, 0.25) is 0 Å². The van der Waals surface area contributed by atoms with Crippen molar-refractivity contribution in [3.05, 3.63) is 59.4 Å². The highest BCUT2D eigenvalue weighted by atomic mass is 19.1. The molecule has 0 saturated carbocycles. The van der Waals surface area contributed by atoms with Gasteiger partial charge < -0.3 is 5.73 Å². The van der Waals surface area contributed by atoms with E-state index in [0.717, 1.165) is 18.2 Å². The van der Waals surface area contributed by atoms with Crippen LogP contribution >= 0.6 is 0 Å². The SMILES string of the molecule is CC(N)c1ccc(F)c(-c2cc(F)ccc2F)c1. The molecule has 2 rings (SSSR count). The van der Waals surface area contributed by atoms with Crippen LogP contribution in [0, 0.1) is 17.5 Å². The molecular weight excluding hydrogens is 239 g/mol. The van der Waals surface area contributed by atoms with Gasteiger partial charge in [-0.05, 0) is 42.8 Å². The van der Waals surface area contributed by atoms with Gasteiger partial charge in [-0.15, -0.1) is 0 Å². The monoisotopic (exact) mass is 251 g/mol. The Bertz CT molecular complexity index is 579. The molecule has 94 valence electrons. The molecule has 2 aromatic carbocycles. The van der Waals surface area contributed by atoms with Gasteiger partial charge in [0.1, 0.15) is 17.5 Å². The van der Waals surface area contributed by atoms with E-state index in [1.807, 2.05) is 0 Å². The fourth-order valence-corrected chi connectivity index (χ4v) is 1.74. The van der Waals surface area contributed by atoms with Crippen molar-refractivity contribution < 1.29 is 13.2 Å². The largest absolute Gasteiger partial charge is 0.324 e. The van der Waals surface area contributed by atoms with Crippen molar-refractivity contribution in [1.29, 1.82) is 0 Å². The van der Waals surface area contributed by atoms with Crippen LogP contribution in [0.15, 0.2) is 36.4 Å². The van der Waals surface area contributed by atoms with E-state index < -0.39 is 17.5 Å². The summed E-state index contributed by atoms with van der Waals surface area (Å²) in [5.74, 6) is -1.89. The highest BCUT2D eigenvalue weighted by Gasteiger charge is 2.13. The molecule has 0 aliphatic heterocycles. The van der Waals surface area contributed by atoms with E-state index in [0.29, 0.717) is 5.56 Å². The van der Waals surface area contributed by atoms with Crippen molar-refractivity contribution in [2.75, 3.05) is 0 Å². The normalized spacial score (nSPS) is 12.5. The number of nitrogens with two attached hydrogens (primary N) is 1. The Morgan fingerprint density at radius 2 is 1.44 bits per heavy atom. The van der Waals surface area contributed by atoms with Gasteiger partial charge in [-0.2, -0.15) is 0 Å². The fourth-order valence-electron chi connectivity index (χ4n) is 1.74. The third-order valence-corrected chi connectivity index (χ3v) is 2.73. The predicted molar refractivity (Wildman–Crippen MR) is 64.4 cm³/mol. The first-order valence-electron chi connectivity index (χ1n) is 5.49. The second-order valence-electron chi connectivity index (χ2n) is 4.15. The van der Waals surface area contributed by atoms with Crippen LogP contribution in [0.5, 0.6) is 0 Å². The average Bonchev–Trinajstić information content (AvgIpc) is 2.33. The molecule has 0 aliphatic carbocycles. The summed E-state index contributed by atoms with van der Waals surface area (Å²) >= 11 is 0. The van der Waals surface area contributed by atoms with Gasteiger partial charge in [0.15, 0.2) is 0 Å². The summed E-state index contributed by atoms with van der Waals surface area (Å²) in [6.45, 7) is 1.74. The van der Waals surface area contributed by atoms with Crippen molar-refractivity contribution in [3.8, 4) is 11.1 Å². The molecule has 0 saturated heterocycles. The molecule has 1 nitrogen and oxygen atoms in total. The first-order valence-corrected chi connectivity index (χ1v) is 5.49.